The molecule has 25 heavy (non-hydrogen) atoms. The zero-order chi connectivity index (χ0) is 18.6. The fraction of sp³-hybridized carbons (Fsp3) is 0.250. The molecule has 0 fully saturated rings. The fourth-order valence-corrected chi connectivity index (χ4v) is 3.70. The molecule has 0 radical (unpaired) electrons. The molecule has 0 unspecified atom stereocenters. The van der Waals surface area contributed by atoms with Crippen LogP contribution >= 0.6 is 23.2 Å². The molecule has 0 aliphatic heterocycles. The Morgan fingerprint density at radius 3 is 2.48 bits per heavy atom. The summed E-state index contributed by atoms with van der Waals surface area (Å²) >= 11 is 11.6. The molecule has 1 aromatic heterocycles. The predicted molar refractivity (Wildman–Crippen MR) is 98.7 cm³/mol. The van der Waals surface area contributed by atoms with E-state index in [0.717, 1.165) is 0 Å². The number of benzene rings is 1. The van der Waals surface area contributed by atoms with E-state index in [1.165, 1.54) is 24.3 Å². The van der Waals surface area contributed by atoms with Crippen molar-refractivity contribution < 1.29 is 13.2 Å². The van der Waals surface area contributed by atoms with Crippen molar-refractivity contribution >= 4 is 44.8 Å². The first kappa shape index (κ1) is 19.5. The van der Waals surface area contributed by atoms with Gasteiger partial charge < -0.3 is 5.32 Å². The average Bonchev–Trinajstić information content (AvgIpc) is 2.52. The number of pyridine rings is 1. The predicted octanol–water partition coefficient (Wildman–Crippen LogP) is 3.58. The number of rotatable bonds is 6. The van der Waals surface area contributed by atoms with Gasteiger partial charge in [-0.1, -0.05) is 49.2 Å². The van der Waals surface area contributed by atoms with Gasteiger partial charge in [0.25, 0.3) is 15.9 Å². The highest BCUT2D eigenvalue weighted by molar-refractivity contribution is 7.92. The van der Waals surface area contributed by atoms with Gasteiger partial charge in [0.15, 0.2) is 5.15 Å². The van der Waals surface area contributed by atoms with Crippen molar-refractivity contribution in [3.05, 3.63) is 52.3 Å². The van der Waals surface area contributed by atoms with E-state index in [1.807, 2.05) is 13.8 Å². The SMILES string of the molecule is CC(C)CNC(=O)c1ccccc1NS(=O)(=O)c1ccc(Cl)nc1Cl. The Morgan fingerprint density at radius 2 is 1.84 bits per heavy atom. The van der Waals surface area contributed by atoms with E-state index in [2.05, 4.69) is 15.0 Å². The van der Waals surface area contributed by atoms with Crippen molar-refractivity contribution in [2.24, 2.45) is 5.92 Å². The van der Waals surface area contributed by atoms with Gasteiger partial charge in [0.1, 0.15) is 10.0 Å². The fourth-order valence-electron chi connectivity index (χ4n) is 1.96. The zero-order valence-electron chi connectivity index (χ0n) is 13.6. The van der Waals surface area contributed by atoms with Gasteiger partial charge in [0, 0.05) is 6.54 Å². The standard InChI is InChI=1S/C16H17Cl2N3O3S/c1-10(2)9-19-16(22)11-5-3-4-6-12(11)21-25(23,24)13-7-8-14(17)20-15(13)18/h3-8,10,21H,9H2,1-2H3,(H,19,22). The number of hydrogen-bond donors (Lipinski definition) is 2. The molecule has 2 rings (SSSR count). The monoisotopic (exact) mass is 401 g/mol. The summed E-state index contributed by atoms with van der Waals surface area (Å²) in [5.41, 5.74) is 0.361. The van der Waals surface area contributed by atoms with Crippen molar-refractivity contribution in [2.75, 3.05) is 11.3 Å². The van der Waals surface area contributed by atoms with E-state index in [9.17, 15) is 13.2 Å². The lowest BCUT2D eigenvalue weighted by Gasteiger charge is -2.14. The van der Waals surface area contributed by atoms with Crippen molar-refractivity contribution in [3.8, 4) is 0 Å². The van der Waals surface area contributed by atoms with Gasteiger partial charge in [0.05, 0.1) is 11.3 Å². The topological polar surface area (TPSA) is 88.2 Å². The van der Waals surface area contributed by atoms with E-state index in [4.69, 9.17) is 23.2 Å². The normalized spacial score (nSPS) is 11.4. The van der Waals surface area contributed by atoms with Crippen molar-refractivity contribution in [2.45, 2.75) is 18.7 Å². The third kappa shape index (κ3) is 5.07. The lowest BCUT2D eigenvalue weighted by atomic mass is 10.1. The van der Waals surface area contributed by atoms with Crippen molar-refractivity contribution in [3.63, 3.8) is 0 Å². The van der Waals surface area contributed by atoms with Crippen molar-refractivity contribution in [1.82, 2.24) is 10.3 Å². The molecule has 0 atom stereocenters. The van der Waals surface area contributed by atoms with Crippen LogP contribution in [0.1, 0.15) is 24.2 Å². The number of halogens is 2. The molecule has 0 saturated heterocycles. The van der Waals surface area contributed by atoms with Crippen LogP contribution in [-0.2, 0) is 10.0 Å². The molecule has 9 heteroatoms. The summed E-state index contributed by atoms with van der Waals surface area (Å²) in [6.45, 7) is 4.40. The maximum absolute atomic E-state index is 12.6. The number of nitrogens with one attached hydrogen (secondary N) is 2. The number of sulfonamides is 1. The number of carbonyl (C=O) groups excluding carboxylic acids is 1. The first-order valence-electron chi connectivity index (χ1n) is 7.43. The van der Waals surface area contributed by atoms with Crippen molar-refractivity contribution in [1.29, 1.82) is 0 Å². The van der Waals surface area contributed by atoms with Crippen LogP contribution in [0, 0.1) is 5.92 Å². The summed E-state index contributed by atoms with van der Waals surface area (Å²) in [6.07, 6.45) is 0. The number of anilines is 1. The summed E-state index contributed by atoms with van der Waals surface area (Å²) in [7, 11) is -4.03. The Balaban J connectivity index is 2.32. The van der Waals surface area contributed by atoms with Gasteiger partial charge in [0.2, 0.25) is 0 Å². The lowest BCUT2D eigenvalue weighted by Crippen LogP contribution is -2.28. The molecule has 134 valence electrons. The Kier molecular flexibility index (Phi) is 6.26. The Labute approximate surface area is 156 Å². The summed E-state index contributed by atoms with van der Waals surface area (Å²) in [6, 6.07) is 8.89. The number of aromatic nitrogens is 1. The number of para-hydroxylation sites is 1. The van der Waals surface area contributed by atoms with Crippen LogP contribution in [0.25, 0.3) is 0 Å². The highest BCUT2D eigenvalue weighted by Crippen LogP contribution is 2.25. The third-order valence-corrected chi connectivity index (χ3v) is 5.16. The highest BCUT2D eigenvalue weighted by atomic mass is 35.5. The molecule has 1 heterocycles. The smallest absolute Gasteiger partial charge is 0.264 e. The minimum Gasteiger partial charge on any atom is -0.352 e. The Hall–Kier alpha value is -1.83. The molecular weight excluding hydrogens is 385 g/mol. The van der Waals surface area contributed by atoms with Gasteiger partial charge >= 0.3 is 0 Å². The van der Waals surface area contributed by atoms with Gasteiger partial charge in [-0.25, -0.2) is 13.4 Å². The third-order valence-electron chi connectivity index (χ3n) is 3.16. The van der Waals surface area contributed by atoms with Crippen LogP contribution in [0.2, 0.25) is 10.3 Å². The zero-order valence-corrected chi connectivity index (χ0v) is 15.9. The molecule has 0 aliphatic rings. The molecule has 1 amide bonds. The van der Waals surface area contributed by atoms with E-state index in [1.54, 1.807) is 12.1 Å². The summed E-state index contributed by atoms with van der Waals surface area (Å²) < 4.78 is 27.5. The summed E-state index contributed by atoms with van der Waals surface area (Å²) in [5.74, 6) is -0.0981. The first-order chi connectivity index (χ1) is 11.7. The molecule has 2 N–H and O–H groups in total. The van der Waals surface area contributed by atoms with E-state index < -0.39 is 10.0 Å². The van der Waals surface area contributed by atoms with E-state index in [0.29, 0.717) is 6.54 Å². The Bertz CT molecular complexity index is 886. The molecule has 0 spiro atoms. The molecule has 0 bridgehead atoms. The van der Waals surface area contributed by atoms with Crippen LogP contribution in [0.15, 0.2) is 41.3 Å². The molecular formula is C16H17Cl2N3O3S. The van der Waals surface area contributed by atoms with Gasteiger partial charge in [-0.15, -0.1) is 0 Å². The highest BCUT2D eigenvalue weighted by Gasteiger charge is 2.22. The summed E-state index contributed by atoms with van der Waals surface area (Å²) in [4.78, 5) is 15.8. The maximum Gasteiger partial charge on any atom is 0.264 e. The largest absolute Gasteiger partial charge is 0.352 e. The van der Waals surface area contributed by atoms with Crippen LogP contribution in [0.4, 0.5) is 5.69 Å². The minimum atomic E-state index is -4.03. The maximum atomic E-state index is 12.6. The van der Waals surface area contributed by atoms with Gasteiger partial charge in [-0.05, 0) is 30.2 Å². The second kappa shape index (κ2) is 8.03. The molecule has 0 saturated carbocycles. The number of amides is 1. The first-order valence-corrected chi connectivity index (χ1v) is 9.66. The average molecular weight is 402 g/mol. The number of hydrogen-bond acceptors (Lipinski definition) is 4. The van der Waals surface area contributed by atoms with Crippen LogP contribution in [-0.4, -0.2) is 25.9 Å². The molecule has 1 aromatic carbocycles. The van der Waals surface area contributed by atoms with Crippen LogP contribution in [0.5, 0.6) is 0 Å². The second-order valence-electron chi connectivity index (χ2n) is 5.68. The minimum absolute atomic E-state index is 0.0809. The quantitative estimate of drug-likeness (QED) is 0.723. The van der Waals surface area contributed by atoms with Crippen LogP contribution in [0.3, 0.4) is 0 Å². The number of carbonyl (C=O) groups is 1. The van der Waals surface area contributed by atoms with E-state index >= 15 is 0 Å². The number of nitrogens with zero attached hydrogens (tertiary/aromatic N) is 1. The molecule has 2 aromatic rings. The molecule has 6 nitrogen and oxygen atoms in total. The van der Waals surface area contributed by atoms with Gasteiger partial charge in [-0.2, -0.15) is 0 Å². The summed E-state index contributed by atoms with van der Waals surface area (Å²) in [5, 5.41) is 2.59. The molecule has 0 aliphatic carbocycles. The van der Waals surface area contributed by atoms with E-state index in [-0.39, 0.29) is 38.3 Å². The Morgan fingerprint density at radius 1 is 1.16 bits per heavy atom. The van der Waals surface area contributed by atoms with Gasteiger partial charge in [-0.3, -0.25) is 9.52 Å². The lowest BCUT2D eigenvalue weighted by molar-refractivity contribution is 0.0950. The second-order valence-corrected chi connectivity index (χ2v) is 8.07. The van der Waals surface area contributed by atoms with Crippen LogP contribution < -0.4 is 10.0 Å².